The van der Waals surface area contributed by atoms with Gasteiger partial charge in [-0.3, -0.25) is 14.5 Å². The van der Waals surface area contributed by atoms with E-state index >= 15 is 0 Å². The van der Waals surface area contributed by atoms with Crippen LogP contribution < -0.4 is 4.74 Å². The van der Waals surface area contributed by atoms with Crippen molar-refractivity contribution in [3.8, 4) is 5.75 Å². The van der Waals surface area contributed by atoms with Gasteiger partial charge in [-0.15, -0.1) is 0 Å². The van der Waals surface area contributed by atoms with Gasteiger partial charge in [0.15, 0.2) is 0 Å². The summed E-state index contributed by atoms with van der Waals surface area (Å²) in [5, 5.41) is 0.0690. The van der Waals surface area contributed by atoms with Crippen LogP contribution in [0.5, 0.6) is 5.75 Å². The SMILES string of the molecule is O=C(Oc1ccc(Br)cc1/C=C1\SC(=O)N(Cc2ccc(I)cc2)C1=O)c1cccc(Cl)c1. The highest BCUT2D eigenvalue weighted by Crippen LogP contribution is 2.36. The number of carbonyl (C=O) groups is 3. The second-order valence-corrected chi connectivity index (χ2v) is 10.6. The maximum Gasteiger partial charge on any atom is 0.343 e. The number of nitrogens with zero attached hydrogens (tertiary/aromatic N) is 1. The molecule has 1 aliphatic rings. The van der Waals surface area contributed by atoms with Crippen LogP contribution in [0.25, 0.3) is 6.08 Å². The number of hydrogen-bond acceptors (Lipinski definition) is 5. The van der Waals surface area contributed by atoms with E-state index in [0.717, 1.165) is 25.4 Å². The fourth-order valence-corrected chi connectivity index (χ4v) is 4.81. The van der Waals surface area contributed by atoms with Crippen molar-refractivity contribution in [2.24, 2.45) is 0 Å². The predicted octanol–water partition coefficient (Wildman–Crippen LogP) is 7.16. The van der Waals surface area contributed by atoms with Gasteiger partial charge in [-0.25, -0.2) is 4.79 Å². The topological polar surface area (TPSA) is 63.7 Å². The van der Waals surface area contributed by atoms with Crippen molar-refractivity contribution in [3.05, 3.63) is 101 Å². The number of hydrogen-bond donors (Lipinski definition) is 0. The van der Waals surface area contributed by atoms with E-state index in [2.05, 4.69) is 38.5 Å². The molecule has 1 aliphatic heterocycles. The maximum atomic E-state index is 12.9. The number of benzene rings is 3. The summed E-state index contributed by atoms with van der Waals surface area (Å²) in [5.41, 5.74) is 1.64. The standard InChI is InChI=1S/C24H14BrClINO4S/c25-17-6-9-20(32-23(30)15-2-1-3-18(26)11-15)16(10-17)12-21-22(29)28(24(31)33-21)13-14-4-7-19(27)8-5-14/h1-12H,13H2/b21-12-. The molecule has 166 valence electrons. The number of esters is 1. The zero-order valence-electron chi connectivity index (χ0n) is 16.8. The number of halogens is 3. The van der Waals surface area contributed by atoms with E-state index in [-0.39, 0.29) is 22.4 Å². The van der Waals surface area contributed by atoms with Gasteiger partial charge in [-0.05, 0) is 94.5 Å². The lowest BCUT2D eigenvalue weighted by atomic mass is 10.1. The number of imide groups is 1. The van der Waals surface area contributed by atoms with Gasteiger partial charge >= 0.3 is 5.97 Å². The molecule has 0 spiro atoms. The summed E-state index contributed by atoms with van der Waals surface area (Å²) >= 11 is 12.4. The number of ether oxygens (including phenoxy) is 1. The lowest BCUT2D eigenvalue weighted by Gasteiger charge is -2.12. The first-order valence-electron chi connectivity index (χ1n) is 9.57. The molecule has 33 heavy (non-hydrogen) atoms. The highest BCUT2D eigenvalue weighted by Gasteiger charge is 2.35. The van der Waals surface area contributed by atoms with Crippen molar-refractivity contribution in [1.29, 1.82) is 0 Å². The van der Waals surface area contributed by atoms with Crippen LogP contribution in [0.4, 0.5) is 4.79 Å². The third kappa shape index (κ3) is 5.87. The van der Waals surface area contributed by atoms with Gasteiger partial charge in [0.1, 0.15) is 5.75 Å². The van der Waals surface area contributed by atoms with Crippen molar-refractivity contribution in [2.45, 2.75) is 6.54 Å². The molecule has 5 nitrogen and oxygen atoms in total. The molecule has 9 heteroatoms. The molecule has 1 fully saturated rings. The molecule has 0 bridgehead atoms. The normalized spacial score (nSPS) is 14.8. The third-order valence-corrected chi connectivity index (χ3v) is 7.00. The maximum absolute atomic E-state index is 12.9. The first-order valence-corrected chi connectivity index (χ1v) is 12.6. The van der Waals surface area contributed by atoms with E-state index in [9.17, 15) is 14.4 Å². The van der Waals surface area contributed by atoms with Crippen LogP contribution in [0, 0.1) is 3.57 Å². The molecule has 3 aromatic carbocycles. The number of carbonyl (C=O) groups excluding carboxylic acids is 3. The van der Waals surface area contributed by atoms with Crippen molar-refractivity contribution in [3.63, 3.8) is 0 Å². The highest BCUT2D eigenvalue weighted by molar-refractivity contribution is 14.1. The lowest BCUT2D eigenvalue weighted by Crippen LogP contribution is -2.27. The van der Waals surface area contributed by atoms with Gasteiger partial charge in [0.2, 0.25) is 0 Å². The Morgan fingerprint density at radius 3 is 2.58 bits per heavy atom. The molecule has 0 saturated carbocycles. The van der Waals surface area contributed by atoms with Crippen LogP contribution in [-0.2, 0) is 11.3 Å². The van der Waals surface area contributed by atoms with Gasteiger partial charge in [-0.1, -0.05) is 45.7 Å². The average Bonchev–Trinajstić information content (AvgIpc) is 3.04. The van der Waals surface area contributed by atoms with Crippen molar-refractivity contribution in [2.75, 3.05) is 0 Å². The number of thioether (sulfide) groups is 1. The first-order chi connectivity index (χ1) is 15.8. The Hall–Kier alpha value is -2.14. The quantitative estimate of drug-likeness (QED) is 0.127. The first kappa shape index (κ1) is 24.0. The second kappa shape index (κ2) is 10.4. The molecule has 0 atom stereocenters. The molecule has 3 aromatic rings. The van der Waals surface area contributed by atoms with Gasteiger partial charge in [-0.2, -0.15) is 0 Å². The zero-order valence-corrected chi connectivity index (χ0v) is 22.1. The fraction of sp³-hybridized carbons (Fsp3) is 0.0417. The number of rotatable bonds is 5. The Bertz CT molecular complexity index is 1300. The minimum atomic E-state index is -0.582. The van der Waals surface area contributed by atoms with Crippen LogP contribution in [0.2, 0.25) is 5.02 Å². The molecular weight excluding hydrogens is 641 g/mol. The van der Waals surface area contributed by atoms with E-state index in [0.29, 0.717) is 16.1 Å². The molecule has 0 unspecified atom stereocenters. The van der Waals surface area contributed by atoms with E-state index in [1.165, 1.54) is 11.0 Å². The Labute approximate surface area is 221 Å². The van der Waals surface area contributed by atoms with Crippen LogP contribution in [0.3, 0.4) is 0 Å². The van der Waals surface area contributed by atoms with Crippen LogP contribution in [0.15, 0.2) is 76.1 Å². The van der Waals surface area contributed by atoms with Gasteiger partial charge in [0.25, 0.3) is 11.1 Å². The molecule has 4 rings (SSSR count). The van der Waals surface area contributed by atoms with Crippen molar-refractivity contribution in [1.82, 2.24) is 4.90 Å². The summed E-state index contributed by atoms with van der Waals surface area (Å²) in [6, 6.07) is 19.1. The van der Waals surface area contributed by atoms with Crippen molar-refractivity contribution >= 4 is 85.1 Å². The summed E-state index contributed by atoms with van der Waals surface area (Å²) in [4.78, 5) is 39.5. The number of amides is 2. The summed E-state index contributed by atoms with van der Waals surface area (Å²) in [6.45, 7) is 0.189. The summed E-state index contributed by atoms with van der Waals surface area (Å²) < 4.78 is 7.37. The summed E-state index contributed by atoms with van der Waals surface area (Å²) in [5.74, 6) is -0.718. The van der Waals surface area contributed by atoms with Crippen molar-refractivity contribution < 1.29 is 19.1 Å². The minimum Gasteiger partial charge on any atom is -0.422 e. The molecule has 1 heterocycles. The molecule has 0 aromatic heterocycles. The molecule has 0 N–H and O–H groups in total. The molecular formula is C24H14BrClINO4S. The predicted molar refractivity (Wildman–Crippen MR) is 141 cm³/mol. The Kier molecular flexibility index (Phi) is 7.58. The van der Waals surface area contributed by atoms with Gasteiger partial charge in [0, 0.05) is 18.6 Å². The Balaban J connectivity index is 1.58. The summed E-state index contributed by atoms with van der Waals surface area (Å²) in [7, 11) is 0. The summed E-state index contributed by atoms with van der Waals surface area (Å²) in [6.07, 6.45) is 1.56. The second-order valence-electron chi connectivity index (χ2n) is 6.98. The van der Waals surface area contributed by atoms with E-state index in [4.69, 9.17) is 16.3 Å². The largest absolute Gasteiger partial charge is 0.422 e. The van der Waals surface area contributed by atoms with Gasteiger partial charge in [0.05, 0.1) is 17.0 Å². The van der Waals surface area contributed by atoms with Crippen LogP contribution >= 0.6 is 61.9 Å². The molecule has 0 aliphatic carbocycles. The Morgan fingerprint density at radius 1 is 1.09 bits per heavy atom. The van der Waals surface area contributed by atoms with E-state index in [1.807, 2.05) is 24.3 Å². The van der Waals surface area contributed by atoms with Crippen LogP contribution in [0.1, 0.15) is 21.5 Å². The minimum absolute atomic E-state index is 0.189. The van der Waals surface area contributed by atoms with E-state index < -0.39 is 11.9 Å². The molecule has 0 radical (unpaired) electrons. The monoisotopic (exact) mass is 653 g/mol. The highest BCUT2D eigenvalue weighted by atomic mass is 127. The van der Waals surface area contributed by atoms with E-state index in [1.54, 1.807) is 42.5 Å². The third-order valence-electron chi connectivity index (χ3n) is 4.65. The van der Waals surface area contributed by atoms with Gasteiger partial charge < -0.3 is 4.74 Å². The molecule has 2 amide bonds. The smallest absolute Gasteiger partial charge is 0.343 e. The van der Waals surface area contributed by atoms with Crippen LogP contribution in [-0.4, -0.2) is 22.0 Å². The lowest BCUT2D eigenvalue weighted by molar-refractivity contribution is -0.123. The zero-order chi connectivity index (χ0) is 23.5. The fourth-order valence-electron chi connectivity index (χ4n) is 3.05. The molecule has 1 saturated heterocycles. The Morgan fingerprint density at radius 2 is 1.85 bits per heavy atom. The average molecular weight is 655 g/mol.